The zero-order valence-corrected chi connectivity index (χ0v) is 19.4. The molecule has 4 rings (SSSR count). The normalized spacial score (nSPS) is 19.4. The molecule has 3 heterocycles. The number of fused-ring (bicyclic) bond motifs is 1. The van der Waals surface area contributed by atoms with E-state index in [-0.39, 0.29) is 53.1 Å². The Morgan fingerprint density at radius 3 is 2.68 bits per heavy atom. The number of aliphatic carboxylic acids is 1. The molecule has 2 amide bonds. The molecule has 0 spiro atoms. The van der Waals surface area contributed by atoms with Gasteiger partial charge < -0.3 is 15.2 Å². The van der Waals surface area contributed by atoms with Crippen LogP contribution in [0.5, 0.6) is 0 Å². The molecule has 0 radical (unpaired) electrons. The van der Waals surface area contributed by atoms with Gasteiger partial charge in [0.25, 0.3) is 5.91 Å². The van der Waals surface area contributed by atoms with Crippen molar-refractivity contribution in [3.8, 4) is 0 Å². The number of nitrogens with one attached hydrogen (secondary N) is 2. The summed E-state index contributed by atoms with van der Waals surface area (Å²) in [6.45, 7) is 1.86. The number of ether oxygens (including phenoxy) is 1. The van der Waals surface area contributed by atoms with Crippen LogP contribution in [0.3, 0.4) is 0 Å². The maximum Gasteiger partial charge on any atom is 0.353 e. The van der Waals surface area contributed by atoms with Gasteiger partial charge in [0.15, 0.2) is 5.82 Å². The van der Waals surface area contributed by atoms with E-state index in [0.29, 0.717) is 0 Å². The number of β-lactam (4-membered cyclic amide) rings is 1. The lowest BCUT2D eigenvalue weighted by Crippen LogP contribution is -2.63. The van der Waals surface area contributed by atoms with Crippen LogP contribution in [-0.4, -0.2) is 71.2 Å². The van der Waals surface area contributed by atoms with E-state index in [1.54, 1.807) is 31.2 Å². The van der Waals surface area contributed by atoms with Gasteiger partial charge in [0, 0.05) is 0 Å². The number of thiocarbonyl (C=S) groups is 1. The molecule has 1 aromatic carbocycles. The molecule has 1 saturated heterocycles. The number of carbonyl (C=O) groups is 4. The molecule has 0 bridgehead atoms. The van der Waals surface area contributed by atoms with Gasteiger partial charge in [-0.3, -0.25) is 24.4 Å². The second-order valence-corrected chi connectivity index (χ2v) is 8.92. The van der Waals surface area contributed by atoms with E-state index < -0.39 is 28.6 Å². The number of hydrogen-bond acceptors (Lipinski definition) is 9. The standard InChI is InChI=1S/C21H19N5O6S2/c1-2-32-13(28)9-11-22-17(25-24-11)14-15(21(30)31)26-19(29)16(33)20(26)34-18(14)23-12(27)8-10-6-4-3-5-7-10/h3-7,18,20H,2,8-9H2,1H3,(H,23,27)(H,30,31)(H,22,24,25)/t18?,20-/m0/s1. The number of benzene rings is 1. The summed E-state index contributed by atoms with van der Waals surface area (Å²) >= 11 is 6.23. The number of nitrogens with zero attached hydrogens (tertiary/aromatic N) is 3. The second-order valence-electron chi connectivity index (χ2n) is 7.29. The third kappa shape index (κ3) is 4.56. The quantitative estimate of drug-likeness (QED) is 0.267. The van der Waals surface area contributed by atoms with Gasteiger partial charge in [0.1, 0.15) is 33.6 Å². The highest BCUT2D eigenvalue weighted by molar-refractivity contribution is 8.03. The summed E-state index contributed by atoms with van der Waals surface area (Å²) in [5, 5.41) is 17.8. The Kier molecular flexibility index (Phi) is 6.75. The van der Waals surface area contributed by atoms with Crippen molar-refractivity contribution in [1.82, 2.24) is 25.4 Å². The van der Waals surface area contributed by atoms with Crippen LogP contribution < -0.4 is 5.32 Å². The van der Waals surface area contributed by atoms with Crippen LogP contribution in [0.4, 0.5) is 0 Å². The van der Waals surface area contributed by atoms with Crippen molar-refractivity contribution in [2.75, 3.05) is 6.61 Å². The third-order valence-electron chi connectivity index (χ3n) is 5.00. The van der Waals surface area contributed by atoms with Crippen LogP contribution >= 0.6 is 24.0 Å². The molecule has 2 aliphatic heterocycles. The molecule has 0 saturated carbocycles. The third-order valence-corrected chi connectivity index (χ3v) is 6.88. The number of esters is 1. The molecule has 0 aliphatic carbocycles. The van der Waals surface area contributed by atoms with E-state index in [1.807, 2.05) is 6.07 Å². The summed E-state index contributed by atoms with van der Waals surface area (Å²) < 4.78 is 4.90. The Bertz CT molecular complexity index is 1210. The molecule has 3 N–H and O–H groups in total. The molecule has 1 unspecified atom stereocenters. The molecule has 2 aliphatic rings. The van der Waals surface area contributed by atoms with Crippen LogP contribution in [0.2, 0.25) is 0 Å². The Morgan fingerprint density at radius 1 is 1.26 bits per heavy atom. The minimum absolute atomic E-state index is 0.0253. The molecular weight excluding hydrogens is 482 g/mol. The minimum atomic E-state index is -1.39. The highest BCUT2D eigenvalue weighted by atomic mass is 32.2. The fourth-order valence-corrected chi connectivity index (χ4v) is 5.27. The topological polar surface area (TPSA) is 155 Å². The van der Waals surface area contributed by atoms with Gasteiger partial charge >= 0.3 is 11.9 Å². The highest BCUT2D eigenvalue weighted by Gasteiger charge is 2.53. The first-order valence-corrected chi connectivity index (χ1v) is 11.6. The molecule has 2 aromatic rings. The van der Waals surface area contributed by atoms with Gasteiger partial charge in [-0.2, -0.15) is 5.10 Å². The molecule has 1 aromatic heterocycles. The molecule has 11 nitrogen and oxygen atoms in total. The van der Waals surface area contributed by atoms with Crippen molar-refractivity contribution in [3.05, 3.63) is 53.2 Å². The average molecular weight is 502 g/mol. The Hall–Kier alpha value is -3.58. The van der Waals surface area contributed by atoms with Crippen LogP contribution in [0, 0.1) is 0 Å². The molecule has 34 heavy (non-hydrogen) atoms. The van der Waals surface area contributed by atoms with Gasteiger partial charge in [0.05, 0.1) is 18.6 Å². The van der Waals surface area contributed by atoms with Crippen molar-refractivity contribution < 1.29 is 29.0 Å². The number of carboxylic acid groups (broad SMARTS) is 1. The molecule has 13 heteroatoms. The lowest BCUT2D eigenvalue weighted by Gasteiger charge is -2.46. The Morgan fingerprint density at radius 2 is 2.00 bits per heavy atom. The van der Waals surface area contributed by atoms with E-state index in [0.717, 1.165) is 22.2 Å². The number of aromatic nitrogens is 3. The van der Waals surface area contributed by atoms with Crippen molar-refractivity contribution in [3.63, 3.8) is 0 Å². The molecule has 2 atom stereocenters. The van der Waals surface area contributed by atoms with Crippen molar-refractivity contribution in [2.24, 2.45) is 0 Å². The van der Waals surface area contributed by atoms with Crippen LogP contribution in [-0.2, 0) is 36.8 Å². The number of rotatable bonds is 8. The molecule has 176 valence electrons. The predicted molar refractivity (Wildman–Crippen MR) is 124 cm³/mol. The average Bonchev–Trinajstić information content (AvgIpc) is 3.26. The number of amides is 2. The monoisotopic (exact) mass is 501 g/mol. The highest BCUT2D eigenvalue weighted by Crippen LogP contribution is 2.44. The summed E-state index contributed by atoms with van der Waals surface area (Å²) in [5.74, 6) is -2.80. The van der Waals surface area contributed by atoms with Crippen LogP contribution in [0.25, 0.3) is 5.57 Å². The number of thioether (sulfide) groups is 1. The van der Waals surface area contributed by atoms with Crippen molar-refractivity contribution >= 4 is 58.2 Å². The summed E-state index contributed by atoms with van der Waals surface area (Å²) in [4.78, 5) is 54.5. The molecule has 1 fully saturated rings. The Labute approximate surface area is 202 Å². The summed E-state index contributed by atoms with van der Waals surface area (Å²) in [5.41, 5.74) is 0.432. The maximum atomic E-state index is 12.8. The van der Waals surface area contributed by atoms with E-state index in [2.05, 4.69) is 20.5 Å². The largest absolute Gasteiger partial charge is 0.477 e. The van der Waals surface area contributed by atoms with Crippen LogP contribution in [0.15, 0.2) is 36.0 Å². The zero-order valence-electron chi connectivity index (χ0n) is 17.8. The Balaban J connectivity index is 1.68. The maximum absolute atomic E-state index is 12.8. The van der Waals surface area contributed by atoms with E-state index >= 15 is 0 Å². The van der Waals surface area contributed by atoms with Gasteiger partial charge in [-0.05, 0) is 12.5 Å². The van der Waals surface area contributed by atoms with Gasteiger partial charge in [-0.15, -0.1) is 11.8 Å². The van der Waals surface area contributed by atoms with E-state index in [1.165, 1.54) is 0 Å². The number of hydrogen-bond donors (Lipinski definition) is 3. The fourth-order valence-electron chi connectivity index (χ4n) is 3.54. The number of H-pyrrole nitrogens is 1. The second kappa shape index (κ2) is 9.73. The fraction of sp³-hybridized carbons (Fsp3) is 0.286. The SMILES string of the molecule is CCOC(=O)Cc1nc(C2=C(C(=O)O)N3C(=O)C(=S)[C@@H]3SC2NC(=O)Cc2ccccc2)n[nH]1. The van der Waals surface area contributed by atoms with E-state index in [9.17, 15) is 24.3 Å². The number of carbonyl (C=O) groups excluding carboxylic acids is 3. The van der Waals surface area contributed by atoms with Crippen molar-refractivity contribution in [2.45, 2.75) is 30.5 Å². The summed E-state index contributed by atoms with van der Waals surface area (Å²) in [6, 6.07) is 9.04. The van der Waals surface area contributed by atoms with Gasteiger partial charge in [-0.1, -0.05) is 42.5 Å². The van der Waals surface area contributed by atoms with Gasteiger partial charge in [0.2, 0.25) is 5.91 Å². The lowest BCUT2D eigenvalue weighted by molar-refractivity contribution is -0.142. The summed E-state index contributed by atoms with van der Waals surface area (Å²) in [7, 11) is 0. The molecular formula is C21H19N5O6S2. The first kappa shape index (κ1) is 23.6. The number of aromatic amines is 1. The zero-order chi connectivity index (χ0) is 24.4. The summed E-state index contributed by atoms with van der Waals surface area (Å²) in [6.07, 6.45) is -0.141. The van der Waals surface area contributed by atoms with Crippen LogP contribution in [0.1, 0.15) is 24.1 Å². The van der Waals surface area contributed by atoms with Gasteiger partial charge in [-0.25, -0.2) is 9.78 Å². The van der Waals surface area contributed by atoms with E-state index in [4.69, 9.17) is 17.0 Å². The minimum Gasteiger partial charge on any atom is -0.477 e. The predicted octanol–water partition coefficient (Wildman–Crippen LogP) is 0.676. The smallest absolute Gasteiger partial charge is 0.353 e. The lowest BCUT2D eigenvalue weighted by atomic mass is 10.1. The number of carboxylic acids is 1. The first-order valence-electron chi connectivity index (χ1n) is 10.2. The first-order chi connectivity index (χ1) is 16.3. The van der Waals surface area contributed by atoms with Crippen molar-refractivity contribution in [1.29, 1.82) is 0 Å².